The van der Waals surface area contributed by atoms with Gasteiger partial charge in [-0.05, 0) is 60.4 Å². The molecule has 0 fully saturated rings. The van der Waals surface area contributed by atoms with Gasteiger partial charge in [0.15, 0.2) is 0 Å². The summed E-state index contributed by atoms with van der Waals surface area (Å²) in [6.07, 6.45) is 6.31. The van der Waals surface area contributed by atoms with Crippen LogP contribution in [-0.2, 0) is 17.6 Å². The third-order valence-corrected chi connectivity index (χ3v) is 6.26. The lowest BCUT2D eigenvalue weighted by Crippen LogP contribution is -2.31. The van der Waals surface area contributed by atoms with Crippen molar-refractivity contribution in [3.63, 3.8) is 0 Å². The summed E-state index contributed by atoms with van der Waals surface area (Å²) >= 11 is 0. The molecule has 0 spiro atoms. The lowest BCUT2D eigenvalue weighted by atomic mass is 9.89. The predicted octanol–water partition coefficient (Wildman–Crippen LogP) is 5.53. The van der Waals surface area contributed by atoms with Crippen LogP contribution in [0.3, 0.4) is 0 Å². The van der Waals surface area contributed by atoms with Crippen molar-refractivity contribution in [3.05, 3.63) is 118 Å². The van der Waals surface area contributed by atoms with E-state index >= 15 is 0 Å². The predicted molar refractivity (Wildman–Crippen MR) is 131 cm³/mol. The zero-order valence-electron chi connectivity index (χ0n) is 18.9. The van der Waals surface area contributed by atoms with E-state index in [-0.39, 0.29) is 17.7 Å². The fraction of sp³-hybridized carbons (Fsp3) is 0.241. The highest BCUT2D eigenvalue weighted by Gasteiger charge is 2.19. The molecule has 0 aromatic heterocycles. The van der Waals surface area contributed by atoms with Crippen molar-refractivity contribution >= 4 is 5.91 Å². The summed E-state index contributed by atoms with van der Waals surface area (Å²) in [5.74, 6) is -0.402. The molecule has 1 amide bonds. The van der Waals surface area contributed by atoms with E-state index in [0.29, 0.717) is 0 Å². The van der Waals surface area contributed by atoms with Crippen LogP contribution in [-0.4, -0.2) is 5.91 Å². The number of hydrogen-bond donors (Lipinski definition) is 2. The Hall–Kier alpha value is -3.84. The van der Waals surface area contributed by atoms with Crippen LogP contribution in [0.4, 0.5) is 0 Å². The third-order valence-electron chi connectivity index (χ3n) is 6.26. The average Bonchev–Trinajstić information content (AvgIpc) is 2.88. The number of nitrogens with one attached hydrogen (secondary N) is 2. The zero-order valence-corrected chi connectivity index (χ0v) is 18.9. The average molecular weight is 436 g/mol. The fourth-order valence-corrected chi connectivity index (χ4v) is 4.33. The maximum Gasteiger partial charge on any atom is 0.264 e. The first kappa shape index (κ1) is 22.4. The van der Waals surface area contributed by atoms with Crippen LogP contribution in [0.25, 0.3) is 0 Å². The quantitative estimate of drug-likeness (QED) is 0.379. The van der Waals surface area contributed by atoms with Crippen molar-refractivity contribution in [3.8, 4) is 6.07 Å². The molecule has 0 aliphatic heterocycles. The van der Waals surface area contributed by atoms with Gasteiger partial charge in [0.2, 0.25) is 0 Å². The van der Waals surface area contributed by atoms with Crippen molar-refractivity contribution in [1.29, 1.82) is 5.26 Å². The molecule has 1 aliphatic rings. The van der Waals surface area contributed by atoms with Gasteiger partial charge in [0.1, 0.15) is 11.6 Å². The molecule has 0 radical (unpaired) electrons. The second kappa shape index (κ2) is 10.7. The van der Waals surface area contributed by atoms with E-state index in [1.54, 1.807) is 0 Å². The smallest absolute Gasteiger partial charge is 0.264 e. The van der Waals surface area contributed by atoms with Crippen LogP contribution in [0.5, 0.6) is 0 Å². The molecule has 0 saturated carbocycles. The number of nitriles is 1. The molecular weight excluding hydrogens is 406 g/mol. The van der Waals surface area contributed by atoms with Gasteiger partial charge in [0.25, 0.3) is 5.91 Å². The highest BCUT2D eigenvalue weighted by Crippen LogP contribution is 2.25. The van der Waals surface area contributed by atoms with Gasteiger partial charge in [-0.25, -0.2) is 0 Å². The molecular formula is C29H29N3O. The lowest BCUT2D eigenvalue weighted by Gasteiger charge is -2.21. The standard InChI is InChI=1S/C29H29N3O/c1-21(25-17-16-22-10-8-9-15-26(22)18-25)31-20-27(19-30)29(33)32-28(23-11-4-2-5-12-23)24-13-6-3-7-14-24/h2-7,11-14,16-18,20-21,28,31H,8-10,15H2,1H3,(H,32,33)/b27-20-. The van der Waals surface area contributed by atoms with Gasteiger partial charge in [-0.15, -0.1) is 0 Å². The number of fused-ring (bicyclic) bond motifs is 1. The van der Waals surface area contributed by atoms with Crippen LogP contribution in [0, 0.1) is 11.3 Å². The van der Waals surface area contributed by atoms with Crippen molar-refractivity contribution < 1.29 is 4.79 Å². The molecule has 33 heavy (non-hydrogen) atoms. The molecule has 0 bridgehead atoms. The van der Waals surface area contributed by atoms with Crippen molar-refractivity contribution in [2.75, 3.05) is 0 Å². The minimum atomic E-state index is -0.402. The van der Waals surface area contributed by atoms with E-state index in [4.69, 9.17) is 0 Å². The Kier molecular flexibility index (Phi) is 7.22. The Morgan fingerprint density at radius 1 is 0.879 bits per heavy atom. The normalized spacial score (nSPS) is 14.2. The summed E-state index contributed by atoms with van der Waals surface area (Å²) in [5, 5.41) is 16.0. The first-order chi connectivity index (χ1) is 16.2. The molecule has 2 N–H and O–H groups in total. The van der Waals surface area contributed by atoms with Crippen molar-refractivity contribution in [1.82, 2.24) is 10.6 Å². The van der Waals surface area contributed by atoms with Crippen LogP contribution in [0.15, 0.2) is 90.6 Å². The van der Waals surface area contributed by atoms with Gasteiger partial charge >= 0.3 is 0 Å². The minimum Gasteiger partial charge on any atom is -0.383 e. The second-order valence-electron chi connectivity index (χ2n) is 8.52. The summed E-state index contributed by atoms with van der Waals surface area (Å²) in [5.41, 5.74) is 6.00. The van der Waals surface area contributed by atoms with Gasteiger partial charge in [-0.2, -0.15) is 5.26 Å². The number of carbonyl (C=O) groups excluding carboxylic acids is 1. The van der Waals surface area contributed by atoms with E-state index in [1.165, 1.54) is 30.2 Å². The van der Waals surface area contributed by atoms with Gasteiger partial charge < -0.3 is 10.6 Å². The Balaban J connectivity index is 1.49. The topological polar surface area (TPSA) is 64.9 Å². The maximum absolute atomic E-state index is 13.0. The lowest BCUT2D eigenvalue weighted by molar-refractivity contribution is -0.117. The molecule has 4 heteroatoms. The summed E-state index contributed by atoms with van der Waals surface area (Å²) < 4.78 is 0. The summed E-state index contributed by atoms with van der Waals surface area (Å²) in [6.45, 7) is 2.05. The molecule has 1 atom stereocenters. The maximum atomic E-state index is 13.0. The zero-order chi connectivity index (χ0) is 23.0. The highest BCUT2D eigenvalue weighted by molar-refractivity contribution is 5.97. The largest absolute Gasteiger partial charge is 0.383 e. The summed E-state index contributed by atoms with van der Waals surface area (Å²) in [4.78, 5) is 13.0. The molecule has 166 valence electrons. The van der Waals surface area contributed by atoms with Gasteiger partial charge in [0, 0.05) is 12.2 Å². The van der Waals surface area contributed by atoms with E-state index in [9.17, 15) is 10.1 Å². The Morgan fingerprint density at radius 3 is 2.09 bits per heavy atom. The number of rotatable bonds is 7. The Bertz CT molecular complexity index is 1120. The van der Waals surface area contributed by atoms with E-state index in [0.717, 1.165) is 29.5 Å². The van der Waals surface area contributed by atoms with E-state index < -0.39 is 5.91 Å². The monoisotopic (exact) mass is 435 g/mol. The molecule has 1 unspecified atom stereocenters. The summed E-state index contributed by atoms with van der Waals surface area (Å²) in [7, 11) is 0. The molecule has 0 heterocycles. The molecule has 4 rings (SSSR count). The second-order valence-corrected chi connectivity index (χ2v) is 8.52. The molecule has 0 saturated heterocycles. The summed E-state index contributed by atoms with van der Waals surface area (Å²) in [6, 6.07) is 27.9. The van der Waals surface area contributed by atoms with Crippen LogP contribution < -0.4 is 10.6 Å². The number of amides is 1. The molecule has 4 nitrogen and oxygen atoms in total. The highest BCUT2D eigenvalue weighted by atomic mass is 16.1. The van der Waals surface area contributed by atoms with Crippen LogP contribution in [0.1, 0.15) is 59.7 Å². The Labute approximate surface area is 196 Å². The molecule has 3 aromatic carbocycles. The first-order valence-electron chi connectivity index (χ1n) is 11.5. The van der Waals surface area contributed by atoms with Gasteiger partial charge in [0.05, 0.1) is 6.04 Å². The van der Waals surface area contributed by atoms with E-state index in [1.807, 2.05) is 67.6 Å². The Morgan fingerprint density at radius 2 is 1.48 bits per heavy atom. The number of hydrogen-bond acceptors (Lipinski definition) is 3. The number of nitrogens with zero attached hydrogens (tertiary/aromatic N) is 1. The fourth-order valence-electron chi connectivity index (χ4n) is 4.33. The van der Waals surface area contributed by atoms with E-state index in [2.05, 4.69) is 34.9 Å². The van der Waals surface area contributed by atoms with Crippen LogP contribution in [0.2, 0.25) is 0 Å². The van der Waals surface area contributed by atoms with Gasteiger partial charge in [-0.3, -0.25) is 4.79 Å². The first-order valence-corrected chi connectivity index (χ1v) is 11.5. The number of benzene rings is 3. The number of carbonyl (C=O) groups is 1. The van der Waals surface area contributed by atoms with Gasteiger partial charge in [-0.1, -0.05) is 78.9 Å². The minimum absolute atomic E-state index is 0.00702. The SMILES string of the molecule is CC(N/C=C(/C#N)C(=O)NC(c1ccccc1)c1ccccc1)c1ccc2c(c1)CCCC2. The van der Waals surface area contributed by atoms with Crippen molar-refractivity contribution in [2.24, 2.45) is 0 Å². The number of aryl methyl sites for hydroxylation is 2. The third kappa shape index (κ3) is 5.51. The van der Waals surface area contributed by atoms with Crippen LogP contribution >= 0.6 is 0 Å². The van der Waals surface area contributed by atoms with Crippen molar-refractivity contribution in [2.45, 2.75) is 44.7 Å². The molecule has 3 aromatic rings. The molecule has 1 aliphatic carbocycles.